The number of hydrogen-bond acceptors (Lipinski definition) is 5. The summed E-state index contributed by atoms with van der Waals surface area (Å²) in [6.45, 7) is 15.0. The zero-order valence-corrected chi connectivity index (χ0v) is 34.5. The fourth-order valence-electron chi connectivity index (χ4n) is 7.37. The Hall–Kier alpha value is -4.26. The quantitative estimate of drug-likeness (QED) is 0.0568. The van der Waals surface area contributed by atoms with Crippen molar-refractivity contribution < 1.29 is 9.90 Å². The molecule has 0 radical (unpaired) electrons. The molecule has 0 spiro atoms. The Labute approximate surface area is 334 Å². The van der Waals surface area contributed by atoms with E-state index in [2.05, 4.69) is 109 Å². The van der Waals surface area contributed by atoms with E-state index in [-0.39, 0.29) is 5.70 Å². The number of unbranched alkanes of at least 4 members (excludes halogenated alkanes) is 6. The van der Waals surface area contributed by atoms with Crippen LogP contribution in [0.5, 0.6) is 0 Å². The van der Waals surface area contributed by atoms with Gasteiger partial charge in [0, 0.05) is 67.4 Å². The Balaban J connectivity index is 1.21. The minimum atomic E-state index is -1.18. The first-order valence-corrected chi connectivity index (χ1v) is 22.5. The molecule has 5 heterocycles. The van der Waals surface area contributed by atoms with E-state index in [1.807, 2.05) is 22.7 Å². The second-order valence-electron chi connectivity index (χ2n) is 13.9. The second kappa shape index (κ2) is 17.5. The summed E-state index contributed by atoms with van der Waals surface area (Å²) in [4.78, 5) is 24.6. The zero-order valence-electron chi connectivity index (χ0n) is 31.2. The van der Waals surface area contributed by atoms with Crippen LogP contribution in [0.15, 0.2) is 84.6 Å². The van der Waals surface area contributed by atoms with Crippen molar-refractivity contribution >= 4 is 79.2 Å². The van der Waals surface area contributed by atoms with Crippen molar-refractivity contribution in [1.29, 1.82) is 0 Å². The molecule has 276 valence electrons. The van der Waals surface area contributed by atoms with Crippen molar-refractivity contribution in [2.45, 2.75) is 91.5 Å². The number of aromatic nitrogens is 1. The molecule has 0 fully saturated rings. The van der Waals surface area contributed by atoms with E-state index in [0.29, 0.717) is 0 Å². The number of carbonyl (C=O) groups is 1. The normalized spacial score (nSPS) is 11.9. The monoisotopic (exact) mass is 786 g/mol. The standard InChI is InChI=1S/C46H46N2O2S4/c1-5-8-10-12-16-31-26-33(29-36(47-4)46(49)50)51-44(31)41-24-22-39(52-41)40-23-25-42(53-40)45-32(17-13-11-9-6-2)28-43(54-45)30-20-21-38-35(27-30)34-18-14-15-19-37(34)48(38)7-3/h14-15,18-29H,5-13,16-17H2,1-3H3,(H,49,50). The van der Waals surface area contributed by atoms with Gasteiger partial charge in [-0.2, -0.15) is 0 Å². The molecule has 0 unspecified atom stereocenters. The Kier molecular flexibility index (Phi) is 12.3. The molecule has 7 aromatic rings. The van der Waals surface area contributed by atoms with Crippen molar-refractivity contribution in [2.75, 3.05) is 0 Å². The van der Waals surface area contributed by atoms with Crippen LogP contribution in [0.4, 0.5) is 0 Å². The van der Waals surface area contributed by atoms with Crippen LogP contribution in [0.1, 0.15) is 88.1 Å². The summed E-state index contributed by atoms with van der Waals surface area (Å²) in [7, 11) is 0. The van der Waals surface area contributed by atoms with Gasteiger partial charge in [-0.15, -0.1) is 45.3 Å². The maximum atomic E-state index is 11.6. The SMILES string of the molecule is [C-]#[N+]C(=Cc1cc(CCCCCC)c(-c2ccc(-c3ccc(-c4sc(-c5ccc6c(c5)c5ccccc5n6CC)cc4CCCCCC)s3)s2)s1)C(=O)O. The molecule has 0 aliphatic carbocycles. The predicted octanol–water partition coefficient (Wildman–Crippen LogP) is 15.3. The van der Waals surface area contributed by atoms with Crippen molar-refractivity contribution in [3.8, 4) is 39.7 Å². The van der Waals surface area contributed by atoms with Crippen molar-refractivity contribution in [2.24, 2.45) is 0 Å². The lowest BCUT2D eigenvalue weighted by Gasteiger charge is -2.03. The molecule has 0 amide bonds. The number of benzene rings is 2. The van der Waals surface area contributed by atoms with E-state index in [0.717, 1.165) is 30.7 Å². The number of para-hydroxylation sites is 1. The number of carboxylic acids is 1. The van der Waals surface area contributed by atoms with Gasteiger partial charge in [0.15, 0.2) is 0 Å². The molecule has 0 bridgehead atoms. The van der Waals surface area contributed by atoms with Gasteiger partial charge in [-0.05, 0) is 110 Å². The third-order valence-electron chi connectivity index (χ3n) is 10.1. The lowest BCUT2D eigenvalue weighted by molar-refractivity contribution is -0.132. The molecule has 0 saturated carbocycles. The first kappa shape index (κ1) is 38.0. The first-order valence-electron chi connectivity index (χ1n) is 19.2. The average Bonchev–Trinajstić information content (AvgIpc) is 4.03. The number of thiophene rings is 4. The molecule has 5 aromatic heterocycles. The topological polar surface area (TPSA) is 46.6 Å². The number of carboxylic acid groups (broad SMARTS) is 1. The number of hydrogen-bond donors (Lipinski definition) is 1. The summed E-state index contributed by atoms with van der Waals surface area (Å²) in [6.07, 6.45) is 13.2. The highest BCUT2D eigenvalue weighted by molar-refractivity contribution is 7.29. The van der Waals surface area contributed by atoms with Gasteiger partial charge in [-0.3, -0.25) is 4.79 Å². The smallest absolute Gasteiger partial charge is 0.333 e. The number of rotatable bonds is 17. The Bertz CT molecular complexity index is 2480. The summed E-state index contributed by atoms with van der Waals surface area (Å²) in [5.41, 5.74) is 6.33. The summed E-state index contributed by atoms with van der Waals surface area (Å²) in [6, 6.07) is 29.4. The Morgan fingerprint density at radius 2 is 1.28 bits per heavy atom. The van der Waals surface area contributed by atoms with Crippen LogP contribution in [0.3, 0.4) is 0 Å². The first-order chi connectivity index (χ1) is 26.4. The van der Waals surface area contributed by atoms with Gasteiger partial charge in [0.05, 0.1) is 6.57 Å². The molecule has 0 aliphatic rings. The third-order valence-corrected chi connectivity index (χ3v) is 15.2. The van der Waals surface area contributed by atoms with Crippen molar-refractivity contribution in [3.63, 3.8) is 0 Å². The number of nitrogens with zero attached hydrogens (tertiary/aromatic N) is 2. The van der Waals surface area contributed by atoms with Gasteiger partial charge in [0.2, 0.25) is 0 Å². The Morgan fingerprint density at radius 1 is 0.667 bits per heavy atom. The van der Waals surface area contributed by atoms with E-state index in [4.69, 9.17) is 6.57 Å². The molecule has 8 heteroatoms. The van der Waals surface area contributed by atoms with E-state index < -0.39 is 5.97 Å². The fourth-order valence-corrected chi connectivity index (χ4v) is 12.1. The molecular weight excluding hydrogens is 741 g/mol. The van der Waals surface area contributed by atoms with Gasteiger partial charge in [-0.25, -0.2) is 4.85 Å². The zero-order chi connectivity index (χ0) is 37.6. The van der Waals surface area contributed by atoms with Gasteiger partial charge in [-0.1, -0.05) is 76.6 Å². The molecule has 54 heavy (non-hydrogen) atoms. The summed E-state index contributed by atoms with van der Waals surface area (Å²) >= 11 is 7.21. The maximum absolute atomic E-state index is 11.6. The molecule has 0 aliphatic heterocycles. The lowest BCUT2D eigenvalue weighted by Crippen LogP contribution is -1.94. The highest BCUT2D eigenvalue weighted by atomic mass is 32.1. The number of aliphatic carboxylic acids is 1. The van der Waals surface area contributed by atoms with Crippen LogP contribution in [0, 0.1) is 6.57 Å². The van der Waals surface area contributed by atoms with Gasteiger partial charge in [0.1, 0.15) is 0 Å². The third kappa shape index (κ3) is 8.06. The maximum Gasteiger partial charge on any atom is 0.333 e. The minimum absolute atomic E-state index is 0.246. The van der Waals surface area contributed by atoms with Crippen LogP contribution in [0.25, 0.3) is 72.4 Å². The van der Waals surface area contributed by atoms with Crippen LogP contribution >= 0.6 is 45.3 Å². The molecule has 2 aromatic carbocycles. The van der Waals surface area contributed by atoms with Crippen LogP contribution in [-0.4, -0.2) is 15.6 Å². The number of fused-ring (bicyclic) bond motifs is 3. The fraction of sp³-hybridized carbons (Fsp3) is 0.304. The molecular formula is C46H46N2O2S4. The highest BCUT2D eigenvalue weighted by Crippen LogP contribution is 2.47. The van der Waals surface area contributed by atoms with Crippen LogP contribution in [0.2, 0.25) is 0 Å². The molecule has 4 nitrogen and oxygen atoms in total. The summed E-state index contributed by atoms with van der Waals surface area (Å²) in [5.74, 6) is -1.18. The predicted molar refractivity (Wildman–Crippen MR) is 236 cm³/mol. The molecule has 0 saturated heterocycles. The Morgan fingerprint density at radius 3 is 1.91 bits per heavy atom. The van der Waals surface area contributed by atoms with E-state index in [1.54, 1.807) is 22.7 Å². The summed E-state index contributed by atoms with van der Waals surface area (Å²) < 4.78 is 2.42. The largest absolute Gasteiger partial charge is 0.486 e. The van der Waals surface area contributed by atoms with Crippen LogP contribution < -0.4 is 0 Å². The van der Waals surface area contributed by atoms with E-state index in [1.165, 1.54) is 124 Å². The second-order valence-corrected chi connectivity index (χ2v) is 18.2. The van der Waals surface area contributed by atoms with Crippen molar-refractivity contribution in [3.05, 3.63) is 112 Å². The van der Waals surface area contributed by atoms with Crippen LogP contribution in [-0.2, 0) is 24.2 Å². The van der Waals surface area contributed by atoms with E-state index >= 15 is 0 Å². The average molecular weight is 787 g/mol. The molecule has 1 N–H and O–H groups in total. The molecule has 0 atom stereocenters. The number of aryl methyl sites for hydroxylation is 3. The van der Waals surface area contributed by atoms with Gasteiger partial charge < -0.3 is 9.67 Å². The minimum Gasteiger partial charge on any atom is -0.486 e. The lowest BCUT2D eigenvalue weighted by atomic mass is 10.0. The summed E-state index contributed by atoms with van der Waals surface area (Å²) in [5, 5.41) is 12.1. The van der Waals surface area contributed by atoms with E-state index in [9.17, 15) is 9.90 Å². The highest BCUT2D eigenvalue weighted by Gasteiger charge is 2.19. The van der Waals surface area contributed by atoms with Gasteiger partial charge >= 0.3 is 5.97 Å². The van der Waals surface area contributed by atoms with Crippen molar-refractivity contribution in [1.82, 2.24) is 4.57 Å². The van der Waals surface area contributed by atoms with Gasteiger partial charge in [0.25, 0.3) is 5.70 Å². The molecule has 7 rings (SSSR count).